The fourth-order valence-electron chi connectivity index (χ4n) is 14.4. The second kappa shape index (κ2) is 22.2. The molecule has 0 atom stereocenters. The topological polar surface area (TPSA) is 35.6 Å². The number of pyridine rings is 1. The number of aromatic nitrogens is 4. The summed E-state index contributed by atoms with van der Waals surface area (Å²) in [7, 11) is -2.95. The summed E-state index contributed by atoms with van der Waals surface area (Å²) >= 11 is 0. The molecule has 5 aromatic heterocycles. The molecular formula is C84H58N4OPtSi-2. The zero-order chi connectivity index (χ0) is 60.1. The Morgan fingerprint density at radius 1 is 0.396 bits per heavy atom. The van der Waals surface area contributed by atoms with Gasteiger partial charge in [-0.1, -0.05) is 280 Å². The van der Waals surface area contributed by atoms with E-state index in [1.165, 1.54) is 26.3 Å². The van der Waals surface area contributed by atoms with Crippen LogP contribution >= 0.6 is 0 Å². The van der Waals surface area contributed by atoms with Crippen LogP contribution in [-0.4, -0.2) is 22.0 Å². The van der Waals surface area contributed by atoms with Gasteiger partial charge in [-0.05, 0) is 115 Å². The van der Waals surface area contributed by atoms with Crippen molar-refractivity contribution < 1.29 is 30.2 Å². The second-order valence-corrected chi connectivity index (χ2v) is 28.4. The fraction of sp³-hybridized carbons (Fsp3) is 0.0476. The Morgan fingerprint density at radius 2 is 0.846 bits per heavy atom. The second-order valence-electron chi connectivity index (χ2n) is 24.6. The molecule has 0 amide bonds. The maximum Gasteiger partial charge on any atom is 0.268 e. The summed E-state index contributed by atoms with van der Waals surface area (Å²) < 4.78 is 14.0. The van der Waals surface area contributed by atoms with Crippen molar-refractivity contribution >= 4 is 127 Å². The summed E-state index contributed by atoms with van der Waals surface area (Å²) in [4.78, 5) is 4.97. The minimum absolute atomic E-state index is 0. The van der Waals surface area contributed by atoms with E-state index in [0.717, 1.165) is 115 Å². The molecule has 0 N–H and O–H groups in total. The third kappa shape index (κ3) is 8.99. The Labute approximate surface area is 542 Å². The monoisotopic (exact) mass is 1360 g/mol. The van der Waals surface area contributed by atoms with Gasteiger partial charge in [0.15, 0.2) is 8.07 Å². The molecule has 0 fully saturated rings. The van der Waals surface area contributed by atoms with Gasteiger partial charge in [-0.2, -0.15) is 12.1 Å². The molecule has 0 spiro atoms. The van der Waals surface area contributed by atoms with Crippen LogP contribution in [0.4, 0.5) is 0 Å². The largest absolute Gasteiger partial charge is 0.510 e. The summed E-state index contributed by atoms with van der Waals surface area (Å²) in [5.74, 6) is 1.95. The van der Waals surface area contributed by atoms with Gasteiger partial charge in [-0.3, -0.25) is 4.40 Å². The molecule has 5 heterocycles. The zero-order valence-corrected chi connectivity index (χ0v) is 53.6. The van der Waals surface area contributed by atoms with Gasteiger partial charge in [0.2, 0.25) is 0 Å². The van der Waals surface area contributed by atoms with Crippen molar-refractivity contribution in [2.75, 3.05) is 0 Å². The van der Waals surface area contributed by atoms with Gasteiger partial charge in [0, 0.05) is 44.3 Å². The van der Waals surface area contributed by atoms with Crippen LogP contribution in [0.3, 0.4) is 0 Å². The number of rotatable bonds is 8. The number of imidazole rings is 1. The molecule has 91 heavy (non-hydrogen) atoms. The van der Waals surface area contributed by atoms with Crippen molar-refractivity contribution in [3.8, 4) is 28.4 Å². The van der Waals surface area contributed by atoms with Crippen molar-refractivity contribution in [2.24, 2.45) is 0 Å². The van der Waals surface area contributed by atoms with Gasteiger partial charge >= 0.3 is 0 Å². The number of hydrogen-bond donors (Lipinski definition) is 0. The molecule has 0 aliphatic carbocycles. The predicted molar refractivity (Wildman–Crippen MR) is 376 cm³/mol. The Balaban J connectivity index is 0.00000661. The van der Waals surface area contributed by atoms with E-state index < -0.39 is 8.07 Å². The predicted octanol–water partition coefficient (Wildman–Crippen LogP) is 17.7. The molecule has 17 rings (SSSR count). The van der Waals surface area contributed by atoms with Gasteiger partial charge in [0.05, 0.1) is 16.6 Å². The Kier molecular flexibility index (Phi) is 13.6. The SMILES string of the molecule is CC(C)(C)c1ccnc(-n2c3[c-]c(Oc4[c-]c5c(cc4)c4ccccc4c4ccccc4c4c6c7ccccc7c7ccccc7c7cccc(-c8cccc([Si](c9ccccc9)(c9ccccc9)c9ccccc9)c8)c7[n+]6[c-]n54)ccc3c3ccccc32)c1.[Pt]. The van der Waals surface area contributed by atoms with Gasteiger partial charge in [0.25, 0.3) is 6.33 Å². The standard InChI is InChI=1S/C84H58N4OSi.Pt/c1-84(2,3)57-49-50-85-80(52-57)88-77-44-22-21-39-71(77)73-48-46-59(54-79(73)88)89-58-45-47-72-67-35-15-13-33-65(67)69-37-17-19-40-75(69)82-83-76-41-20-18-38-70(76)66-34-14-16-36-68(66)74-43-24-42-64(81(74)87(83)55-86(82)78(72)53-58)56-25-23-32-63(51-56)90(60-26-7-4-8-27-60,61-28-9-5-10-29-61)62-30-11-6-12-31-62;/h4-52H,1-3H3;/q-2;. The van der Waals surface area contributed by atoms with Crippen molar-refractivity contribution in [3.05, 3.63) is 321 Å². The van der Waals surface area contributed by atoms with E-state index >= 15 is 0 Å². The number of para-hydroxylation sites is 2. The number of benzene rings is 12. The van der Waals surface area contributed by atoms with E-state index in [2.05, 4.69) is 332 Å². The van der Waals surface area contributed by atoms with E-state index in [1.54, 1.807) is 0 Å². The third-order valence-electron chi connectivity index (χ3n) is 18.5. The van der Waals surface area contributed by atoms with Crippen molar-refractivity contribution in [1.82, 2.24) is 14.0 Å². The molecule has 0 saturated heterocycles. The van der Waals surface area contributed by atoms with Crippen LogP contribution in [0.1, 0.15) is 26.3 Å². The minimum Gasteiger partial charge on any atom is -0.510 e. The van der Waals surface area contributed by atoms with Crippen LogP contribution in [0.5, 0.6) is 11.5 Å². The van der Waals surface area contributed by atoms with Crippen LogP contribution in [0.15, 0.2) is 297 Å². The van der Waals surface area contributed by atoms with Gasteiger partial charge in [-0.15, -0.1) is 35.0 Å². The number of nitrogens with zero attached hydrogens (tertiary/aromatic N) is 4. The first-order valence-corrected chi connectivity index (χ1v) is 32.9. The molecular weight excluding hydrogens is 1300 g/mol. The molecule has 0 radical (unpaired) electrons. The third-order valence-corrected chi connectivity index (χ3v) is 23.3. The first kappa shape index (κ1) is 55.8. The molecule has 0 unspecified atom stereocenters. The number of ether oxygens (including phenoxy) is 1. The maximum atomic E-state index is 7.09. The van der Waals surface area contributed by atoms with Gasteiger partial charge < -0.3 is 13.7 Å². The molecule has 5 nitrogen and oxygen atoms in total. The van der Waals surface area contributed by atoms with Crippen LogP contribution in [0, 0.1) is 18.5 Å². The van der Waals surface area contributed by atoms with Crippen molar-refractivity contribution in [2.45, 2.75) is 26.2 Å². The zero-order valence-electron chi connectivity index (χ0n) is 50.3. The summed E-state index contributed by atoms with van der Waals surface area (Å²) in [6.45, 7) is 6.71. The average molecular weight is 1360 g/mol. The van der Waals surface area contributed by atoms with E-state index in [9.17, 15) is 0 Å². The van der Waals surface area contributed by atoms with Crippen LogP contribution < -0.4 is 29.9 Å². The maximum absolute atomic E-state index is 7.09. The van der Waals surface area contributed by atoms with Crippen LogP contribution in [-0.2, 0) is 26.5 Å². The summed E-state index contributed by atoms with van der Waals surface area (Å²) in [6.07, 6.45) is 6.10. The Hall–Kier alpha value is -10.5. The molecule has 12 aromatic carbocycles. The normalized spacial score (nSPS) is 12.0. The molecule has 0 bridgehead atoms. The van der Waals surface area contributed by atoms with E-state index in [-0.39, 0.29) is 26.5 Å². The molecule has 17 aromatic rings. The summed E-state index contributed by atoms with van der Waals surface area (Å²) in [5.41, 5.74) is 9.11. The Morgan fingerprint density at radius 3 is 1.44 bits per heavy atom. The van der Waals surface area contributed by atoms with E-state index in [4.69, 9.17) is 9.72 Å². The Bertz CT molecular complexity index is 5720. The molecule has 7 heteroatoms. The van der Waals surface area contributed by atoms with Crippen molar-refractivity contribution in [3.63, 3.8) is 0 Å². The van der Waals surface area contributed by atoms with E-state index in [0.29, 0.717) is 11.5 Å². The smallest absolute Gasteiger partial charge is 0.268 e. The van der Waals surface area contributed by atoms with Gasteiger partial charge in [0.1, 0.15) is 5.82 Å². The molecule has 0 aliphatic heterocycles. The number of hydrogen-bond acceptors (Lipinski definition) is 2. The van der Waals surface area contributed by atoms with E-state index in [1.807, 2.05) is 18.3 Å². The molecule has 436 valence electrons. The summed E-state index contributed by atoms with van der Waals surface area (Å²) in [5, 5.41) is 18.5. The van der Waals surface area contributed by atoms with Crippen LogP contribution in [0.25, 0.3) is 115 Å². The number of fused-ring (bicyclic) bond motifs is 20. The first-order valence-electron chi connectivity index (χ1n) is 30.9. The quantitative estimate of drug-likeness (QED) is 0.0658. The average Bonchev–Trinajstić information content (AvgIpc) is 1.65. The minimum atomic E-state index is -2.95. The van der Waals surface area contributed by atoms with Crippen molar-refractivity contribution in [1.29, 1.82) is 0 Å². The molecule has 0 saturated carbocycles. The first-order chi connectivity index (χ1) is 44.3. The van der Waals surface area contributed by atoms with Gasteiger partial charge in [-0.25, -0.2) is 4.98 Å². The fourth-order valence-corrected chi connectivity index (χ4v) is 19.2. The molecule has 0 aliphatic rings. The summed E-state index contributed by atoms with van der Waals surface area (Å²) in [6, 6.07) is 114. The van der Waals surface area contributed by atoms with Crippen LogP contribution in [0.2, 0.25) is 0 Å².